The van der Waals surface area contributed by atoms with E-state index in [9.17, 15) is 9.59 Å². The van der Waals surface area contributed by atoms with Gasteiger partial charge in [-0.2, -0.15) is 0 Å². The Hall–Kier alpha value is -1.66. The van der Waals surface area contributed by atoms with Gasteiger partial charge in [0.15, 0.2) is 0 Å². The second-order valence-corrected chi connectivity index (χ2v) is 7.77. The summed E-state index contributed by atoms with van der Waals surface area (Å²) in [6.45, 7) is 8.81. The average molecular weight is 334 g/mol. The number of nitrogens with zero attached hydrogens (tertiary/aromatic N) is 2. The Morgan fingerprint density at radius 1 is 1.08 bits per heavy atom. The smallest absolute Gasteiger partial charge is 0.253 e. The van der Waals surface area contributed by atoms with Crippen molar-refractivity contribution in [2.45, 2.75) is 39.4 Å². The van der Waals surface area contributed by atoms with E-state index in [-0.39, 0.29) is 36.2 Å². The third-order valence-electron chi connectivity index (χ3n) is 4.50. The summed E-state index contributed by atoms with van der Waals surface area (Å²) in [6.07, 6.45) is 5.84. The fourth-order valence-corrected chi connectivity index (χ4v) is 3.17. The molecule has 0 aromatic carbocycles. The van der Waals surface area contributed by atoms with Gasteiger partial charge >= 0.3 is 0 Å². The van der Waals surface area contributed by atoms with E-state index < -0.39 is 0 Å². The van der Waals surface area contributed by atoms with Crippen LogP contribution < -0.4 is 0 Å². The molecule has 2 saturated heterocycles. The van der Waals surface area contributed by atoms with Crippen LogP contribution in [0.15, 0.2) is 23.8 Å². The maximum atomic E-state index is 12.7. The van der Waals surface area contributed by atoms with Crippen molar-refractivity contribution in [3.05, 3.63) is 23.8 Å². The molecule has 0 bridgehead atoms. The summed E-state index contributed by atoms with van der Waals surface area (Å²) in [5.41, 5.74) is 0.637. The Morgan fingerprint density at radius 2 is 1.71 bits per heavy atom. The summed E-state index contributed by atoms with van der Waals surface area (Å²) in [4.78, 5) is 28.6. The summed E-state index contributed by atoms with van der Waals surface area (Å²) in [7, 11) is 0. The standard InChI is InChI=1S/C18H26N2O4/c1-18(2,3)11-16(21)19-6-8-20(9-7-19)17(22)13-4-5-14-15(10-13)24-12-23-14/h4-5,10,14-15H,6-9,11-12H2,1-3H3/t14?,15-/m0/s1. The van der Waals surface area contributed by atoms with Crippen molar-refractivity contribution < 1.29 is 19.1 Å². The van der Waals surface area contributed by atoms with Gasteiger partial charge in [0.25, 0.3) is 5.91 Å². The third-order valence-corrected chi connectivity index (χ3v) is 4.50. The third kappa shape index (κ3) is 3.87. The zero-order chi connectivity index (χ0) is 17.3. The largest absolute Gasteiger partial charge is 0.345 e. The predicted molar refractivity (Wildman–Crippen MR) is 89.1 cm³/mol. The number of ether oxygens (including phenoxy) is 2. The molecule has 6 nitrogen and oxygen atoms in total. The first-order chi connectivity index (χ1) is 11.3. The molecule has 0 spiro atoms. The van der Waals surface area contributed by atoms with Gasteiger partial charge in [0.1, 0.15) is 19.0 Å². The second-order valence-electron chi connectivity index (χ2n) is 7.77. The van der Waals surface area contributed by atoms with Crippen molar-refractivity contribution in [1.29, 1.82) is 0 Å². The lowest BCUT2D eigenvalue weighted by atomic mass is 9.91. The van der Waals surface area contributed by atoms with E-state index >= 15 is 0 Å². The summed E-state index contributed by atoms with van der Waals surface area (Å²) >= 11 is 0. The van der Waals surface area contributed by atoms with Crippen LogP contribution >= 0.6 is 0 Å². The van der Waals surface area contributed by atoms with Crippen LogP contribution in [0, 0.1) is 5.41 Å². The van der Waals surface area contributed by atoms with Crippen molar-refractivity contribution in [3.63, 3.8) is 0 Å². The van der Waals surface area contributed by atoms with Crippen LogP contribution in [0.1, 0.15) is 27.2 Å². The maximum absolute atomic E-state index is 12.7. The Bertz CT molecular complexity index is 568. The molecule has 24 heavy (non-hydrogen) atoms. The van der Waals surface area contributed by atoms with E-state index in [1.807, 2.05) is 28.0 Å². The molecule has 1 aliphatic carbocycles. The SMILES string of the molecule is CC(C)(C)CC(=O)N1CCN(C(=O)C2=C[C@@H]3OCOC3C=C2)CC1. The number of carbonyl (C=O) groups excluding carboxylic acids is 2. The highest BCUT2D eigenvalue weighted by molar-refractivity contribution is 5.96. The maximum Gasteiger partial charge on any atom is 0.253 e. The molecule has 0 aromatic heterocycles. The molecular weight excluding hydrogens is 308 g/mol. The van der Waals surface area contributed by atoms with E-state index in [1.165, 1.54) is 0 Å². The molecule has 132 valence electrons. The first-order valence-electron chi connectivity index (χ1n) is 8.54. The van der Waals surface area contributed by atoms with Crippen LogP contribution in [0.4, 0.5) is 0 Å². The van der Waals surface area contributed by atoms with Gasteiger partial charge in [-0.15, -0.1) is 0 Å². The molecule has 0 saturated carbocycles. The molecule has 2 aliphatic heterocycles. The number of piperazine rings is 1. The van der Waals surface area contributed by atoms with Gasteiger partial charge in [-0.05, 0) is 11.5 Å². The van der Waals surface area contributed by atoms with Crippen molar-refractivity contribution in [2.24, 2.45) is 5.41 Å². The second kappa shape index (κ2) is 6.69. The molecular formula is C18H26N2O4. The quantitative estimate of drug-likeness (QED) is 0.764. The highest BCUT2D eigenvalue weighted by atomic mass is 16.7. The minimum Gasteiger partial charge on any atom is -0.345 e. The van der Waals surface area contributed by atoms with Crippen LogP contribution in [0.25, 0.3) is 0 Å². The first kappa shape index (κ1) is 17.2. The zero-order valence-electron chi connectivity index (χ0n) is 14.7. The van der Waals surface area contributed by atoms with E-state index in [4.69, 9.17) is 9.47 Å². The highest BCUT2D eigenvalue weighted by Gasteiger charge is 2.32. The number of hydrogen-bond donors (Lipinski definition) is 0. The molecule has 3 rings (SSSR count). The number of carbonyl (C=O) groups is 2. The molecule has 0 aromatic rings. The lowest BCUT2D eigenvalue weighted by Gasteiger charge is -2.36. The molecule has 2 heterocycles. The topological polar surface area (TPSA) is 59.1 Å². The van der Waals surface area contributed by atoms with E-state index in [0.717, 1.165) is 0 Å². The Balaban J connectivity index is 1.54. The van der Waals surface area contributed by atoms with Crippen LogP contribution in [0.3, 0.4) is 0 Å². The highest BCUT2D eigenvalue weighted by Crippen LogP contribution is 2.24. The molecule has 2 amide bonds. The number of fused-ring (bicyclic) bond motifs is 1. The van der Waals surface area contributed by atoms with Crippen molar-refractivity contribution in [1.82, 2.24) is 9.80 Å². The molecule has 2 atom stereocenters. The Morgan fingerprint density at radius 3 is 2.38 bits per heavy atom. The number of amides is 2. The molecule has 1 unspecified atom stereocenters. The van der Waals surface area contributed by atoms with Crippen molar-refractivity contribution in [3.8, 4) is 0 Å². The van der Waals surface area contributed by atoms with Gasteiger partial charge in [-0.3, -0.25) is 9.59 Å². The normalized spacial score (nSPS) is 27.0. The monoisotopic (exact) mass is 334 g/mol. The summed E-state index contributed by atoms with van der Waals surface area (Å²) < 4.78 is 10.8. The van der Waals surface area contributed by atoms with Gasteiger partial charge in [-0.1, -0.05) is 32.9 Å². The molecule has 2 fully saturated rings. The minimum atomic E-state index is -0.163. The number of hydrogen-bond acceptors (Lipinski definition) is 4. The van der Waals surface area contributed by atoms with E-state index in [0.29, 0.717) is 38.2 Å². The fourth-order valence-electron chi connectivity index (χ4n) is 3.17. The van der Waals surface area contributed by atoms with Crippen molar-refractivity contribution >= 4 is 11.8 Å². The van der Waals surface area contributed by atoms with E-state index in [1.54, 1.807) is 0 Å². The summed E-state index contributed by atoms with van der Waals surface area (Å²) in [5, 5.41) is 0. The number of rotatable bonds is 2. The van der Waals surface area contributed by atoms with Crippen LogP contribution in [-0.2, 0) is 19.1 Å². The van der Waals surface area contributed by atoms with Gasteiger partial charge < -0.3 is 19.3 Å². The lowest BCUT2D eigenvalue weighted by Crippen LogP contribution is -2.51. The van der Waals surface area contributed by atoms with Crippen LogP contribution in [0.5, 0.6) is 0 Å². The zero-order valence-corrected chi connectivity index (χ0v) is 14.7. The molecule has 0 N–H and O–H groups in total. The van der Waals surface area contributed by atoms with Gasteiger partial charge in [0.05, 0.1) is 0 Å². The Labute approximate surface area is 143 Å². The van der Waals surface area contributed by atoms with Gasteiger partial charge in [0.2, 0.25) is 5.91 Å². The molecule has 6 heteroatoms. The lowest BCUT2D eigenvalue weighted by molar-refractivity contribution is -0.138. The first-order valence-corrected chi connectivity index (χ1v) is 8.54. The Kier molecular flexibility index (Phi) is 4.78. The van der Waals surface area contributed by atoms with Gasteiger partial charge in [-0.25, -0.2) is 0 Å². The van der Waals surface area contributed by atoms with E-state index in [2.05, 4.69) is 20.8 Å². The summed E-state index contributed by atoms with van der Waals surface area (Å²) in [6, 6.07) is 0. The van der Waals surface area contributed by atoms with Crippen LogP contribution in [0.2, 0.25) is 0 Å². The average Bonchev–Trinajstić information content (AvgIpc) is 3.00. The minimum absolute atomic E-state index is 0.00289. The predicted octanol–water partition coefficient (Wildman–Crippen LogP) is 1.33. The van der Waals surface area contributed by atoms with Gasteiger partial charge in [0, 0.05) is 38.2 Å². The molecule has 3 aliphatic rings. The van der Waals surface area contributed by atoms with Crippen LogP contribution in [-0.4, -0.2) is 66.8 Å². The molecule has 0 radical (unpaired) electrons. The summed E-state index contributed by atoms with van der Waals surface area (Å²) in [5.74, 6) is 0.175. The fraction of sp³-hybridized carbons (Fsp3) is 0.667. The van der Waals surface area contributed by atoms with Crippen molar-refractivity contribution in [2.75, 3.05) is 33.0 Å².